The number of para-hydroxylation sites is 1. The number of carbonyl (C=O) groups excluding carboxylic acids is 3. The number of hydrogen-bond donors (Lipinski definition) is 2. The number of hydrogen-bond acceptors (Lipinski definition) is 7. The van der Waals surface area contributed by atoms with Gasteiger partial charge in [-0.3, -0.25) is 14.5 Å². The van der Waals surface area contributed by atoms with Crippen LogP contribution in [0.15, 0.2) is 41.2 Å². The van der Waals surface area contributed by atoms with Crippen LogP contribution in [0.5, 0.6) is 0 Å². The molecule has 1 saturated heterocycles. The number of fused-ring (bicyclic) bond motifs is 5. The molecule has 1 aliphatic carbocycles. The molecule has 2 aromatic carbocycles. The molecule has 208 valence electrons. The van der Waals surface area contributed by atoms with Crippen LogP contribution in [0.4, 0.5) is 4.79 Å². The smallest absolute Gasteiger partial charge is 0.411 e. The maximum atomic E-state index is 13.4. The van der Waals surface area contributed by atoms with Gasteiger partial charge >= 0.3 is 12.1 Å². The normalized spacial score (nSPS) is 20.8. The molecule has 1 aromatic heterocycles. The predicted octanol–water partition coefficient (Wildman–Crippen LogP) is 3.81. The lowest BCUT2D eigenvalue weighted by atomic mass is 9.96. The average Bonchev–Trinajstić information content (AvgIpc) is 3.53. The first-order valence-electron chi connectivity index (χ1n) is 13.4. The van der Waals surface area contributed by atoms with Crippen LogP contribution in [0.3, 0.4) is 0 Å². The second-order valence-corrected chi connectivity index (χ2v) is 11.5. The second-order valence-electron chi connectivity index (χ2n) is 11.5. The molecule has 2 heterocycles. The van der Waals surface area contributed by atoms with Crippen LogP contribution in [0.1, 0.15) is 56.0 Å². The van der Waals surface area contributed by atoms with Crippen LogP contribution in [-0.4, -0.2) is 58.7 Å². The van der Waals surface area contributed by atoms with Crippen LogP contribution in [-0.2, 0) is 20.7 Å². The first kappa shape index (κ1) is 27.2. The molecule has 2 amide bonds. The molecule has 4 unspecified atom stereocenters. The van der Waals surface area contributed by atoms with Gasteiger partial charge in [0.05, 0.1) is 24.3 Å². The molecule has 10 nitrogen and oxygen atoms in total. The zero-order valence-corrected chi connectivity index (χ0v) is 22.9. The van der Waals surface area contributed by atoms with E-state index >= 15 is 0 Å². The van der Waals surface area contributed by atoms with Gasteiger partial charge in [0.25, 0.3) is 5.56 Å². The van der Waals surface area contributed by atoms with Crippen LogP contribution in [0.25, 0.3) is 21.7 Å². The van der Waals surface area contributed by atoms with Crippen LogP contribution >= 0.6 is 0 Å². The van der Waals surface area contributed by atoms with Crippen molar-refractivity contribution in [2.45, 2.75) is 70.2 Å². The Morgan fingerprint density at radius 3 is 2.62 bits per heavy atom. The van der Waals surface area contributed by atoms with Gasteiger partial charge in [-0.15, -0.1) is 0 Å². The first-order valence-corrected chi connectivity index (χ1v) is 13.4. The van der Waals surface area contributed by atoms with E-state index < -0.39 is 29.7 Å². The molecule has 2 bridgehead atoms. The van der Waals surface area contributed by atoms with E-state index in [1.165, 1.54) is 7.11 Å². The Hall–Kier alpha value is -4.39. The van der Waals surface area contributed by atoms with Crippen LogP contribution in [0.2, 0.25) is 0 Å². The number of pyridine rings is 1. The SMILES string of the molecule is COC(=O)c1cccc2c1[nH]c(=O)c1cc(CC(C#N)NC(=O)C3C4CCC(C4)N3C(=O)OC(C)(C)C)ccc12. The number of piperidine rings is 1. The lowest BCUT2D eigenvalue weighted by Gasteiger charge is -2.35. The van der Waals surface area contributed by atoms with Crippen molar-refractivity contribution in [1.82, 2.24) is 15.2 Å². The van der Waals surface area contributed by atoms with Crippen molar-refractivity contribution in [2.24, 2.45) is 5.92 Å². The number of carbonyl (C=O) groups is 3. The molecule has 0 spiro atoms. The molecule has 5 rings (SSSR count). The van der Waals surface area contributed by atoms with Gasteiger partial charge in [-0.2, -0.15) is 5.26 Å². The average molecular weight is 545 g/mol. The summed E-state index contributed by atoms with van der Waals surface area (Å²) in [5.74, 6) is -0.894. The van der Waals surface area contributed by atoms with Crippen molar-refractivity contribution in [1.29, 1.82) is 5.26 Å². The van der Waals surface area contributed by atoms with Gasteiger partial charge in [0.1, 0.15) is 17.7 Å². The van der Waals surface area contributed by atoms with E-state index in [9.17, 15) is 24.4 Å². The number of likely N-dealkylation sites (tertiary alicyclic amines) is 1. The number of esters is 1. The standard InChI is InChI=1S/C30H32N4O6/c1-30(2,3)40-29(38)34-19-10-9-17(14-19)25(34)27(36)32-18(15-31)12-16-8-11-20-21-6-5-7-22(28(37)39-4)24(21)33-26(35)23(20)13-16/h5-8,11,13,17-19,25H,9-10,12,14H2,1-4H3,(H,32,36)(H,33,35). The van der Waals surface area contributed by atoms with Gasteiger partial charge in [-0.1, -0.05) is 24.3 Å². The summed E-state index contributed by atoms with van der Waals surface area (Å²) in [6.07, 6.45) is 2.08. The molecular weight excluding hydrogens is 512 g/mol. The molecule has 1 aliphatic heterocycles. The van der Waals surface area contributed by atoms with E-state index in [4.69, 9.17) is 9.47 Å². The van der Waals surface area contributed by atoms with E-state index in [1.807, 2.05) is 6.07 Å². The van der Waals surface area contributed by atoms with Crippen LogP contribution in [0, 0.1) is 17.2 Å². The number of aromatic amines is 1. The monoisotopic (exact) mass is 544 g/mol. The Morgan fingerprint density at radius 1 is 1.15 bits per heavy atom. The Kier molecular flexibility index (Phi) is 7.00. The molecule has 0 radical (unpaired) electrons. The van der Waals surface area contributed by atoms with E-state index in [2.05, 4.69) is 16.4 Å². The fraction of sp³-hybridized carbons (Fsp3) is 0.433. The van der Waals surface area contributed by atoms with Gasteiger partial charge in [-0.25, -0.2) is 9.59 Å². The summed E-state index contributed by atoms with van der Waals surface area (Å²) in [6.45, 7) is 5.36. The molecular formula is C30H32N4O6. The highest BCUT2D eigenvalue weighted by molar-refractivity contribution is 6.12. The maximum absolute atomic E-state index is 13.4. The number of aromatic nitrogens is 1. The summed E-state index contributed by atoms with van der Waals surface area (Å²) < 4.78 is 10.4. The Bertz CT molecular complexity index is 1610. The van der Waals surface area contributed by atoms with Gasteiger partial charge in [0, 0.05) is 23.2 Å². The second kappa shape index (κ2) is 10.3. The third kappa shape index (κ3) is 4.99. The fourth-order valence-corrected chi connectivity index (χ4v) is 6.04. The van der Waals surface area contributed by atoms with E-state index in [1.54, 1.807) is 56.0 Å². The Morgan fingerprint density at radius 2 is 1.93 bits per heavy atom. The lowest BCUT2D eigenvalue weighted by Crippen LogP contribution is -2.55. The summed E-state index contributed by atoms with van der Waals surface area (Å²) in [6, 6.07) is 10.9. The number of benzene rings is 2. The lowest BCUT2D eigenvalue weighted by molar-refractivity contribution is -0.128. The highest BCUT2D eigenvalue weighted by atomic mass is 16.6. The summed E-state index contributed by atoms with van der Waals surface area (Å²) in [4.78, 5) is 55.9. The summed E-state index contributed by atoms with van der Waals surface area (Å²) in [5.41, 5.74) is 0.270. The van der Waals surface area contributed by atoms with Crippen molar-refractivity contribution < 1.29 is 23.9 Å². The third-order valence-electron chi connectivity index (χ3n) is 7.70. The zero-order valence-electron chi connectivity index (χ0n) is 22.9. The summed E-state index contributed by atoms with van der Waals surface area (Å²) in [5, 5.41) is 14.4. The summed E-state index contributed by atoms with van der Waals surface area (Å²) >= 11 is 0. The molecule has 10 heteroatoms. The van der Waals surface area contributed by atoms with Gasteiger partial charge in [0.2, 0.25) is 5.91 Å². The number of rotatable bonds is 5. The van der Waals surface area contributed by atoms with Crippen molar-refractivity contribution in [2.75, 3.05) is 7.11 Å². The highest BCUT2D eigenvalue weighted by Crippen LogP contribution is 2.43. The first-order chi connectivity index (χ1) is 19.0. The van der Waals surface area contributed by atoms with Crippen molar-refractivity contribution in [3.8, 4) is 6.07 Å². The van der Waals surface area contributed by atoms with Gasteiger partial charge in [0.15, 0.2) is 0 Å². The van der Waals surface area contributed by atoms with Crippen molar-refractivity contribution in [3.05, 3.63) is 57.9 Å². The molecule has 2 aliphatic rings. The Labute approximate surface area is 231 Å². The van der Waals surface area contributed by atoms with Crippen molar-refractivity contribution >= 4 is 39.6 Å². The quantitative estimate of drug-likeness (QED) is 0.367. The number of nitriles is 1. The zero-order chi connectivity index (χ0) is 28.8. The van der Waals surface area contributed by atoms with E-state index in [0.29, 0.717) is 27.2 Å². The fourth-order valence-electron chi connectivity index (χ4n) is 6.04. The molecule has 3 aromatic rings. The van der Waals surface area contributed by atoms with Crippen LogP contribution < -0.4 is 10.9 Å². The molecule has 2 N–H and O–H groups in total. The molecule has 4 atom stereocenters. The van der Waals surface area contributed by atoms with Gasteiger partial charge in [-0.05, 0) is 69.0 Å². The summed E-state index contributed by atoms with van der Waals surface area (Å²) in [7, 11) is 1.28. The minimum absolute atomic E-state index is 0.0271. The van der Waals surface area contributed by atoms with E-state index in [0.717, 1.165) is 19.3 Å². The Balaban J connectivity index is 1.37. The predicted molar refractivity (Wildman–Crippen MR) is 148 cm³/mol. The van der Waals surface area contributed by atoms with Gasteiger partial charge < -0.3 is 19.8 Å². The number of nitrogens with zero attached hydrogens (tertiary/aromatic N) is 2. The number of amides is 2. The topological polar surface area (TPSA) is 142 Å². The molecule has 1 saturated carbocycles. The number of nitrogens with one attached hydrogen (secondary N) is 2. The minimum atomic E-state index is -0.866. The number of methoxy groups -OCH3 is 1. The third-order valence-corrected chi connectivity index (χ3v) is 7.70. The number of H-pyrrole nitrogens is 1. The van der Waals surface area contributed by atoms with E-state index in [-0.39, 0.29) is 35.4 Å². The van der Waals surface area contributed by atoms with Crippen molar-refractivity contribution in [3.63, 3.8) is 0 Å². The molecule has 2 fully saturated rings. The maximum Gasteiger partial charge on any atom is 0.411 e. The molecule has 40 heavy (non-hydrogen) atoms. The minimum Gasteiger partial charge on any atom is -0.465 e. The highest BCUT2D eigenvalue weighted by Gasteiger charge is 2.52. The number of ether oxygens (including phenoxy) is 2. The largest absolute Gasteiger partial charge is 0.465 e.